The van der Waals surface area contributed by atoms with Gasteiger partial charge in [0.15, 0.2) is 0 Å². The lowest BCUT2D eigenvalue weighted by Gasteiger charge is -2.21. The van der Waals surface area contributed by atoms with Crippen LogP contribution in [-0.2, 0) is 0 Å². The summed E-state index contributed by atoms with van der Waals surface area (Å²) >= 11 is 1.72. The van der Waals surface area contributed by atoms with Crippen LogP contribution in [0.4, 0.5) is 0 Å². The molecule has 3 nitrogen and oxygen atoms in total. The highest BCUT2D eigenvalue weighted by molar-refractivity contribution is 7.19. The summed E-state index contributed by atoms with van der Waals surface area (Å²) in [7, 11) is 0. The van der Waals surface area contributed by atoms with E-state index < -0.39 is 0 Å². The Morgan fingerprint density at radius 2 is 1.74 bits per heavy atom. The summed E-state index contributed by atoms with van der Waals surface area (Å²) in [6.07, 6.45) is 8.98. The van der Waals surface area contributed by atoms with Crippen molar-refractivity contribution in [2.45, 2.75) is 53.4 Å². The number of para-hydroxylation sites is 1. The maximum absolute atomic E-state index is 6.29. The zero-order chi connectivity index (χ0) is 22.1. The molecule has 0 atom stereocenters. The molecule has 2 aromatic carbocycles. The molecule has 4 heteroatoms. The SMILES string of the molecule is CCCN(CCC)CCCCOc1c(C)cc(C)cc1/C=C/c1nc2ccccc2s1. The van der Waals surface area contributed by atoms with Crippen molar-refractivity contribution in [3.63, 3.8) is 0 Å². The number of rotatable bonds is 12. The Morgan fingerprint density at radius 3 is 2.48 bits per heavy atom. The number of nitrogens with zero attached hydrogens (tertiary/aromatic N) is 2. The Balaban J connectivity index is 1.63. The molecule has 31 heavy (non-hydrogen) atoms. The predicted molar refractivity (Wildman–Crippen MR) is 136 cm³/mol. The molecule has 0 aliphatic heterocycles. The number of aromatic nitrogens is 1. The molecule has 0 fully saturated rings. The molecular formula is C27H36N2OS. The first kappa shape index (κ1) is 23.5. The van der Waals surface area contributed by atoms with Crippen molar-refractivity contribution in [1.82, 2.24) is 9.88 Å². The van der Waals surface area contributed by atoms with Crippen LogP contribution in [0.3, 0.4) is 0 Å². The van der Waals surface area contributed by atoms with E-state index in [9.17, 15) is 0 Å². The van der Waals surface area contributed by atoms with Crippen LogP contribution >= 0.6 is 11.3 Å². The Kier molecular flexibility index (Phi) is 9.11. The van der Waals surface area contributed by atoms with Gasteiger partial charge in [0.2, 0.25) is 0 Å². The van der Waals surface area contributed by atoms with Gasteiger partial charge in [-0.05, 0) is 95.1 Å². The van der Waals surface area contributed by atoms with E-state index in [1.54, 1.807) is 11.3 Å². The minimum atomic E-state index is 0.762. The molecule has 0 spiro atoms. The Hall–Kier alpha value is -2.17. The Morgan fingerprint density at radius 1 is 0.968 bits per heavy atom. The van der Waals surface area contributed by atoms with E-state index in [0.717, 1.165) is 34.9 Å². The lowest BCUT2D eigenvalue weighted by atomic mass is 10.0. The molecule has 1 aromatic heterocycles. The third kappa shape index (κ3) is 6.91. The van der Waals surface area contributed by atoms with Crippen LogP contribution in [0.15, 0.2) is 36.4 Å². The number of thiazole rings is 1. The average Bonchev–Trinajstić information content (AvgIpc) is 3.16. The highest BCUT2D eigenvalue weighted by Gasteiger charge is 2.08. The molecule has 0 saturated heterocycles. The molecule has 0 amide bonds. The van der Waals surface area contributed by atoms with E-state index in [1.165, 1.54) is 54.7 Å². The number of aryl methyl sites for hydroxylation is 2. The average molecular weight is 437 g/mol. The molecule has 0 radical (unpaired) electrons. The van der Waals surface area contributed by atoms with E-state index >= 15 is 0 Å². The molecule has 3 aromatic rings. The molecule has 1 heterocycles. The van der Waals surface area contributed by atoms with Crippen LogP contribution in [0.1, 0.15) is 61.2 Å². The second-order valence-corrected chi connectivity index (χ2v) is 9.31. The smallest absolute Gasteiger partial charge is 0.129 e. The topological polar surface area (TPSA) is 25.4 Å². The Labute approximate surface area is 191 Å². The van der Waals surface area contributed by atoms with E-state index in [-0.39, 0.29) is 0 Å². The third-order valence-electron chi connectivity index (χ3n) is 5.36. The molecule has 0 aliphatic carbocycles. The van der Waals surface area contributed by atoms with Gasteiger partial charge in [-0.15, -0.1) is 11.3 Å². The predicted octanol–water partition coefficient (Wildman–Crippen LogP) is 7.36. The molecule has 0 bridgehead atoms. The van der Waals surface area contributed by atoms with E-state index in [2.05, 4.69) is 75.1 Å². The van der Waals surface area contributed by atoms with Crippen LogP contribution < -0.4 is 4.74 Å². The minimum Gasteiger partial charge on any atom is -0.493 e. The van der Waals surface area contributed by atoms with Crippen LogP contribution in [0, 0.1) is 13.8 Å². The number of ether oxygens (including phenoxy) is 1. The molecule has 3 rings (SSSR count). The van der Waals surface area contributed by atoms with Crippen molar-refractivity contribution >= 4 is 33.7 Å². The van der Waals surface area contributed by atoms with Gasteiger partial charge in [0.1, 0.15) is 10.8 Å². The largest absolute Gasteiger partial charge is 0.493 e. The number of unbranched alkanes of at least 4 members (excludes halogenated alkanes) is 1. The zero-order valence-corrected chi connectivity index (χ0v) is 20.3. The fourth-order valence-corrected chi connectivity index (χ4v) is 4.88. The number of hydrogen-bond donors (Lipinski definition) is 0. The standard InChI is InChI=1S/C27H36N2OS/c1-5-15-29(16-6-2)17-9-10-18-30-27-22(4)19-21(3)20-23(27)13-14-26-28-24-11-7-8-12-25(24)31-26/h7-8,11-14,19-20H,5-6,9-10,15-18H2,1-4H3/b14-13+. The Bertz CT molecular complexity index is 953. The quantitative estimate of drug-likeness (QED) is 0.277. The summed E-state index contributed by atoms with van der Waals surface area (Å²) < 4.78 is 7.51. The van der Waals surface area contributed by atoms with E-state index in [1.807, 2.05) is 6.07 Å². The summed E-state index contributed by atoms with van der Waals surface area (Å²) in [5.74, 6) is 1.00. The summed E-state index contributed by atoms with van der Waals surface area (Å²) in [5.41, 5.74) is 4.64. The summed E-state index contributed by atoms with van der Waals surface area (Å²) in [4.78, 5) is 7.29. The fraction of sp³-hybridized carbons (Fsp3) is 0.444. The van der Waals surface area contributed by atoms with Crippen LogP contribution in [-0.4, -0.2) is 36.1 Å². The first-order valence-corrected chi connectivity index (χ1v) is 12.4. The first-order chi connectivity index (χ1) is 15.1. The zero-order valence-electron chi connectivity index (χ0n) is 19.5. The summed E-state index contributed by atoms with van der Waals surface area (Å²) in [5, 5.41) is 1.03. The second kappa shape index (κ2) is 12.0. The van der Waals surface area contributed by atoms with E-state index in [0.29, 0.717) is 0 Å². The van der Waals surface area contributed by atoms with Gasteiger partial charge >= 0.3 is 0 Å². The lowest BCUT2D eigenvalue weighted by Crippen LogP contribution is -2.26. The van der Waals surface area contributed by atoms with Gasteiger partial charge in [0, 0.05) is 5.56 Å². The molecule has 0 N–H and O–H groups in total. The normalized spacial score (nSPS) is 11.8. The maximum Gasteiger partial charge on any atom is 0.129 e. The van der Waals surface area contributed by atoms with Gasteiger partial charge in [-0.3, -0.25) is 0 Å². The summed E-state index contributed by atoms with van der Waals surface area (Å²) in [6, 6.07) is 12.7. The second-order valence-electron chi connectivity index (χ2n) is 8.25. The van der Waals surface area contributed by atoms with Gasteiger partial charge in [0.25, 0.3) is 0 Å². The molecule has 166 valence electrons. The van der Waals surface area contributed by atoms with Crippen LogP contribution in [0.5, 0.6) is 5.75 Å². The monoisotopic (exact) mass is 436 g/mol. The van der Waals surface area contributed by atoms with Gasteiger partial charge in [0.05, 0.1) is 16.8 Å². The van der Waals surface area contributed by atoms with Gasteiger partial charge in [-0.25, -0.2) is 4.98 Å². The highest BCUT2D eigenvalue weighted by Crippen LogP contribution is 2.29. The van der Waals surface area contributed by atoms with Crippen molar-refractivity contribution in [2.75, 3.05) is 26.2 Å². The van der Waals surface area contributed by atoms with Crippen LogP contribution in [0.2, 0.25) is 0 Å². The molecule has 0 saturated carbocycles. The van der Waals surface area contributed by atoms with Gasteiger partial charge in [-0.2, -0.15) is 0 Å². The summed E-state index contributed by atoms with van der Waals surface area (Å²) in [6.45, 7) is 13.1. The number of benzene rings is 2. The third-order valence-corrected chi connectivity index (χ3v) is 6.36. The van der Waals surface area contributed by atoms with Gasteiger partial charge in [-0.1, -0.05) is 37.6 Å². The van der Waals surface area contributed by atoms with Crippen molar-refractivity contribution in [1.29, 1.82) is 0 Å². The number of fused-ring (bicyclic) bond motifs is 1. The van der Waals surface area contributed by atoms with Crippen molar-refractivity contribution in [3.8, 4) is 5.75 Å². The molecule has 0 unspecified atom stereocenters. The van der Waals surface area contributed by atoms with Crippen LogP contribution in [0.25, 0.3) is 22.4 Å². The molecular weight excluding hydrogens is 400 g/mol. The minimum absolute atomic E-state index is 0.762. The maximum atomic E-state index is 6.29. The van der Waals surface area contributed by atoms with E-state index in [4.69, 9.17) is 9.72 Å². The highest BCUT2D eigenvalue weighted by atomic mass is 32.1. The van der Waals surface area contributed by atoms with Crippen molar-refractivity contribution in [2.24, 2.45) is 0 Å². The first-order valence-electron chi connectivity index (χ1n) is 11.6. The van der Waals surface area contributed by atoms with Gasteiger partial charge < -0.3 is 9.64 Å². The van der Waals surface area contributed by atoms with Crippen molar-refractivity contribution < 1.29 is 4.74 Å². The fourth-order valence-electron chi connectivity index (χ4n) is 4.01. The molecule has 0 aliphatic rings. The number of hydrogen-bond acceptors (Lipinski definition) is 4. The van der Waals surface area contributed by atoms with Crippen molar-refractivity contribution in [3.05, 3.63) is 58.1 Å². The lowest BCUT2D eigenvalue weighted by molar-refractivity contribution is 0.249.